The van der Waals surface area contributed by atoms with Gasteiger partial charge in [-0.1, -0.05) is 12.1 Å². The molecule has 0 aliphatic carbocycles. The van der Waals surface area contributed by atoms with Gasteiger partial charge >= 0.3 is 0 Å². The normalized spacial score (nSPS) is 10.2. The molecule has 0 saturated carbocycles. The number of nitrogens with one attached hydrogen (secondary N) is 1. The standard InChI is InChI=1S/C13H14N4O/c14-5-6-16-13(18)9-17-7-4-11-10(8-15)2-1-3-12(11)17/h1-4,7H,6,8-9,15H2,(H,16,18). The van der Waals surface area contributed by atoms with Crippen molar-refractivity contribution >= 4 is 16.8 Å². The lowest BCUT2D eigenvalue weighted by atomic mass is 10.1. The molecule has 3 N–H and O–H groups in total. The van der Waals surface area contributed by atoms with Gasteiger partial charge in [0.15, 0.2) is 0 Å². The zero-order chi connectivity index (χ0) is 13.0. The number of carbonyl (C=O) groups excluding carboxylic acids is 1. The molecule has 0 fully saturated rings. The molecule has 18 heavy (non-hydrogen) atoms. The molecule has 0 atom stereocenters. The van der Waals surface area contributed by atoms with Gasteiger partial charge in [-0.2, -0.15) is 5.26 Å². The zero-order valence-corrected chi connectivity index (χ0v) is 9.89. The summed E-state index contributed by atoms with van der Waals surface area (Å²) < 4.78 is 1.85. The summed E-state index contributed by atoms with van der Waals surface area (Å²) >= 11 is 0. The van der Waals surface area contributed by atoms with E-state index in [1.807, 2.05) is 41.1 Å². The van der Waals surface area contributed by atoms with Crippen LogP contribution in [-0.2, 0) is 17.9 Å². The van der Waals surface area contributed by atoms with Crippen LogP contribution in [0.2, 0.25) is 0 Å². The van der Waals surface area contributed by atoms with Crippen molar-refractivity contribution in [2.45, 2.75) is 13.1 Å². The van der Waals surface area contributed by atoms with Crippen molar-refractivity contribution in [3.8, 4) is 6.07 Å². The van der Waals surface area contributed by atoms with E-state index in [9.17, 15) is 4.79 Å². The highest BCUT2D eigenvalue weighted by atomic mass is 16.1. The molecule has 5 heteroatoms. The van der Waals surface area contributed by atoms with E-state index in [2.05, 4.69) is 5.32 Å². The lowest BCUT2D eigenvalue weighted by Gasteiger charge is -2.06. The molecule has 92 valence electrons. The van der Waals surface area contributed by atoms with Crippen molar-refractivity contribution in [2.24, 2.45) is 5.73 Å². The summed E-state index contributed by atoms with van der Waals surface area (Å²) in [7, 11) is 0. The zero-order valence-electron chi connectivity index (χ0n) is 9.89. The maximum Gasteiger partial charge on any atom is 0.240 e. The van der Waals surface area contributed by atoms with Crippen molar-refractivity contribution in [3.63, 3.8) is 0 Å². The van der Waals surface area contributed by atoms with Crippen molar-refractivity contribution in [3.05, 3.63) is 36.0 Å². The van der Waals surface area contributed by atoms with E-state index < -0.39 is 0 Å². The highest BCUT2D eigenvalue weighted by Crippen LogP contribution is 2.19. The quantitative estimate of drug-likeness (QED) is 0.775. The average Bonchev–Trinajstić information content (AvgIpc) is 2.79. The number of nitriles is 1. The Bertz CT molecular complexity index is 609. The Hall–Kier alpha value is -2.32. The predicted octanol–water partition coefficient (Wildman–Crippen LogP) is 0.740. The third-order valence-electron chi connectivity index (χ3n) is 2.80. The van der Waals surface area contributed by atoms with Crippen LogP contribution in [-0.4, -0.2) is 17.0 Å². The summed E-state index contributed by atoms with van der Waals surface area (Å²) in [5.74, 6) is -0.174. The minimum Gasteiger partial charge on any atom is -0.341 e. The van der Waals surface area contributed by atoms with Gasteiger partial charge in [0.25, 0.3) is 0 Å². The molecule has 1 amide bonds. The number of amides is 1. The maximum absolute atomic E-state index is 11.6. The summed E-state index contributed by atoms with van der Waals surface area (Å²) in [5.41, 5.74) is 7.70. The Kier molecular flexibility index (Phi) is 3.60. The van der Waals surface area contributed by atoms with E-state index >= 15 is 0 Å². The number of fused-ring (bicyclic) bond motifs is 1. The molecule has 0 spiro atoms. The molecule has 0 unspecified atom stereocenters. The number of hydrogen-bond donors (Lipinski definition) is 2. The monoisotopic (exact) mass is 242 g/mol. The van der Waals surface area contributed by atoms with Crippen LogP contribution in [0, 0.1) is 11.3 Å². The van der Waals surface area contributed by atoms with Crippen molar-refractivity contribution in [1.29, 1.82) is 5.26 Å². The first-order valence-electron chi connectivity index (χ1n) is 5.66. The number of nitrogens with two attached hydrogens (primary N) is 1. The van der Waals surface area contributed by atoms with Crippen molar-refractivity contribution < 1.29 is 4.79 Å². The first-order valence-corrected chi connectivity index (χ1v) is 5.66. The molecule has 2 rings (SSSR count). The molecule has 5 nitrogen and oxygen atoms in total. The molecule has 1 aromatic heterocycles. The lowest BCUT2D eigenvalue weighted by Crippen LogP contribution is -2.27. The van der Waals surface area contributed by atoms with E-state index in [1.54, 1.807) is 0 Å². The van der Waals surface area contributed by atoms with Crippen LogP contribution in [0.4, 0.5) is 0 Å². The van der Waals surface area contributed by atoms with Gasteiger partial charge in [0.2, 0.25) is 5.91 Å². The second kappa shape index (κ2) is 5.34. The van der Waals surface area contributed by atoms with E-state index in [0.29, 0.717) is 6.54 Å². The van der Waals surface area contributed by atoms with Crippen LogP contribution < -0.4 is 11.1 Å². The summed E-state index contributed by atoms with van der Waals surface area (Å²) in [6, 6.07) is 9.68. The highest BCUT2D eigenvalue weighted by molar-refractivity contribution is 5.85. The smallest absolute Gasteiger partial charge is 0.240 e. The van der Waals surface area contributed by atoms with E-state index in [-0.39, 0.29) is 19.0 Å². The van der Waals surface area contributed by atoms with Gasteiger partial charge < -0.3 is 15.6 Å². The van der Waals surface area contributed by atoms with Gasteiger partial charge in [-0.15, -0.1) is 0 Å². The number of hydrogen-bond acceptors (Lipinski definition) is 3. The lowest BCUT2D eigenvalue weighted by molar-refractivity contribution is -0.121. The summed E-state index contributed by atoms with van der Waals surface area (Å²) in [6.45, 7) is 0.716. The van der Waals surface area contributed by atoms with Crippen molar-refractivity contribution in [1.82, 2.24) is 9.88 Å². The number of aromatic nitrogens is 1. The van der Waals surface area contributed by atoms with Gasteiger partial charge in [-0.25, -0.2) is 0 Å². The van der Waals surface area contributed by atoms with Crippen LogP contribution in [0.25, 0.3) is 10.9 Å². The minimum absolute atomic E-state index is 0.0338. The molecule has 0 radical (unpaired) electrons. The summed E-state index contributed by atoms with van der Waals surface area (Å²) in [6.07, 6.45) is 1.86. The largest absolute Gasteiger partial charge is 0.341 e. The van der Waals surface area contributed by atoms with Crippen LogP contribution >= 0.6 is 0 Å². The molecule has 0 aliphatic rings. The topological polar surface area (TPSA) is 83.8 Å². The fourth-order valence-electron chi connectivity index (χ4n) is 1.95. The third kappa shape index (κ3) is 2.34. The van der Waals surface area contributed by atoms with E-state index in [4.69, 9.17) is 11.0 Å². The molecule has 0 saturated heterocycles. The molecular weight excluding hydrogens is 228 g/mol. The third-order valence-corrected chi connectivity index (χ3v) is 2.80. The average molecular weight is 242 g/mol. The van der Waals surface area contributed by atoms with Crippen LogP contribution in [0.1, 0.15) is 5.56 Å². The summed E-state index contributed by atoms with van der Waals surface area (Å²) in [5, 5.41) is 12.0. The second-order valence-electron chi connectivity index (χ2n) is 3.93. The SMILES string of the molecule is N#CCNC(=O)Cn1ccc2c(CN)cccc21. The Balaban J connectivity index is 2.25. The molecule has 1 aromatic carbocycles. The van der Waals surface area contributed by atoms with Gasteiger partial charge in [-0.3, -0.25) is 4.79 Å². The van der Waals surface area contributed by atoms with Crippen LogP contribution in [0.15, 0.2) is 30.5 Å². The Morgan fingerprint density at radius 3 is 3.00 bits per heavy atom. The fraction of sp³-hybridized carbons (Fsp3) is 0.231. The fourth-order valence-corrected chi connectivity index (χ4v) is 1.95. The molecular formula is C13H14N4O. The molecule has 0 bridgehead atoms. The maximum atomic E-state index is 11.6. The molecule has 1 heterocycles. The second-order valence-corrected chi connectivity index (χ2v) is 3.93. The number of benzene rings is 1. The van der Waals surface area contributed by atoms with Gasteiger partial charge in [0.05, 0.1) is 6.07 Å². The number of carbonyl (C=O) groups is 1. The van der Waals surface area contributed by atoms with Crippen LogP contribution in [0.5, 0.6) is 0 Å². The first kappa shape index (κ1) is 12.1. The van der Waals surface area contributed by atoms with E-state index in [0.717, 1.165) is 16.5 Å². The number of rotatable bonds is 4. The van der Waals surface area contributed by atoms with E-state index in [1.165, 1.54) is 0 Å². The Labute approximate surface area is 105 Å². The number of nitrogens with zero attached hydrogens (tertiary/aromatic N) is 2. The minimum atomic E-state index is -0.174. The van der Waals surface area contributed by atoms with Gasteiger partial charge in [-0.05, 0) is 17.7 Å². The molecule has 2 aromatic rings. The van der Waals surface area contributed by atoms with Gasteiger partial charge in [0.1, 0.15) is 13.1 Å². The Morgan fingerprint density at radius 1 is 1.44 bits per heavy atom. The molecule has 0 aliphatic heterocycles. The van der Waals surface area contributed by atoms with Crippen LogP contribution in [0.3, 0.4) is 0 Å². The van der Waals surface area contributed by atoms with Gasteiger partial charge in [0, 0.05) is 23.6 Å². The highest BCUT2D eigenvalue weighted by Gasteiger charge is 2.07. The predicted molar refractivity (Wildman–Crippen MR) is 68.5 cm³/mol. The first-order chi connectivity index (χ1) is 8.76. The Morgan fingerprint density at radius 2 is 2.28 bits per heavy atom. The summed E-state index contributed by atoms with van der Waals surface area (Å²) in [4.78, 5) is 11.6. The van der Waals surface area contributed by atoms with Crippen molar-refractivity contribution in [2.75, 3.05) is 6.54 Å².